The lowest BCUT2D eigenvalue weighted by atomic mass is 10.1. The van der Waals surface area contributed by atoms with Gasteiger partial charge in [0, 0.05) is 24.4 Å². The Kier molecular flexibility index (Phi) is 6.11. The van der Waals surface area contributed by atoms with Crippen LogP contribution in [0.15, 0.2) is 42.6 Å². The van der Waals surface area contributed by atoms with Gasteiger partial charge < -0.3 is 15.8 Å². The van der Waals surface area contributed by atoms with E-state index in [0.29, 0.717) is 11.4 Å². The van der Waals surface area contributed by atoms with Crippen molar-refractivity contribution in [2.45, 2.75) is 26.8 Å². The third kappa shape index (κ3) is 5.71. The number of nitrogens with two attached hydrogens (primary N) is 1. The monoisotopic (exact) mass is 312 g/mol. The summed E-state index contributed by atoms with van der Waals surface area (Å²) in [5.41, 5.74) is 7.20. The van der Waals surface area contributed by atoms with Crippen molar-refractivity contribution in [3.8, 4) is 11.6 Å². The first kappa shape index (κ1) is 17.0. The fraction of sp³-hybridized carbons (Fsp3) is 0.333. The van der Waals surface area contributed by atoms with Crippen LogP contribution in [0, 0.1) is 11.3 Å². The third-order valence-electron chi connectivity index (χ3n) is 3.42. The van der Waals surface area contributed by atoms with Gasteiger partial charge in [-0.05, 0) is 42.6 Å². The van der Waals surface area contributed by atoms with Crippen molar-refractivity contribution in [2.75, 3.05) is 6.54 Å². The summed E-state index contributed by atoms with van der Waals surface area (Å²) in [6.45, 7) is 6.34. The Morgan fingerprint density at radius 3 is 2.52 bits per heavy atom. The number of aromatic nitrogens is 1. The van der Waals surface area contributed by atoms with Crippen LogP contribution >= 0.6 is 0 Å². The Bertz CT molecular complexity index is 620. The molecule has 1 aromatic heterocycles. The van der Waals surface area contributed by atoms with E-state index < -0.39 is 0 Å². The second-order valence-electron chi connectivity index (χ2n) is 5.90. The Hall–Kier alpha value is -2.40. The molecule has 4 N–H and O–H groups in total. The predicted molar refractivity (Wildman–Crippen MR) is 92.9 cm³/mol. The number of rotatable bonds is 8. The highest BCUT2D eigenvalue weighted by atomic mass is 16.5. The summed E-state index contributed by atoms with van der Waals surface area (Å²) in [5.74, 6) is 1.94. The molecule has 0 saturated heterocycles. The largest absolute Gasteiger partial charge is 0.439 e. The van der Waals surface area contributed by atoms with Gasteiger partial charge in [0.25, 0.3) is 0 Å². The molecule has 5 heteroatoms. The van der Waals surface area contributed by atoms with Gasteiger partial charge in [-0.1, -0.05) is 26.0 Å². The van der Waals surface area contributed by atoms with Crippen LogP contribution in [0.25, 0.3) is 0 Å². The second-order valence-corrected chi connectivity index (χ2v) is 5.90. The van der Waals surface area contributed by atoms with E-state index in [0.717, 1.165) is 24.8 Å². The summed E-state index contributed by atoms with van der Waals surface area (Å²) in [7, 11) is 0. The Morgan fingerprint density at radius 1 is 1.22 bits per heavy atom. The highest BCUT2D eigenvalue weighted by Gasteiger charge is 2.02. The van der Waals surface area contributed by atoms with E-state index >= 15 is 0 Å². The zero-order chi connectivity index (χ0) is 16.7. The van der Waals surface area contributed by atoms with Crippen LogP contribution in [0.1, 0.15) is 31.4 Å². The smallest absolute Gasteiger partial charge is 0.219 e. The fourth-order valence-corrected chi connectivity index (χ4v) is 2.02. The summed E-state index contributed by atoms with van der Waals surface area (Å²) in [6, 6.07) is 11.4. The van der Waals surface area contributed by atoms with Crippen molar-refractivity contribution < 1.29 is 4.74 Å². The summed E-state index contributed by atoms with van der Waals surface area (Å²) >= 11 is 0. The average molecular weight is 312 g/mol. The lowest BCUT2D eigenvalue weighted by Gasteiger charge is -2.08. The molecule has 0 unspecified atom stereocenters. The molecule has 0 fully saturated rings. The summed E-state index contributed by atoms with van der Waals surface area (Å²) in [6.07, 6.45) is 2.72. The Labute approximate surface area is 137 Å². The van der Waals surface area contributed by atoms with Crippen LogP contribution in [-0.4, -0.2) is 17.4 Å². The molecule has 23 heavy (non-hydrogen) atoms. The van der Waals surface area contributed by atoms with Crippen molar-refractivity contribution in [3.05, 3.63) is 53.7 Å². The third-order valence-corrected chi connectivity index (χ3v) is 3.42. The van der Waals surface area contributed by atoms with E-state index in [9.17, 15) is 0 Å². The lowest BCUT2D eigenvalue weighted by Crippen LogP contribution is -2.16. The molecule has 0 spiro atoms. The standard InChI is InChI=1S/C18H24N4O/c1-13(2)9-10-21-11-14-3-6-16(7-4-14)23-17-8-5-15(12-22-17)18(19)20/h3-8,12-13,21H,9-11H2,1-2H3,(H3,19,20). The van der Waals surface area contributed by atoms with E-state index in [1.54, 1.807) is 12.1 Å². The van der Waals surface area contributed by atoms with Crippen molar-refractivity contribution in [3.63, 3.8) is 0 Å². The minimum Gasteiger partial charge on any atom is -0.439 e. The number of nitrogen functional groups attached to an aromatic ring is 1. The summed E-state index contributed by atoms with van der Waals surface area (Å²) in [4.78, 5) is 4.14. The fourth-order valence-electron chi connectivity index (χ4n) is 2.02. The van der Waals surface area contributed by atoms with Crippen molar-refractivity contribution in [2.24, 2.45) is 11.7 Å². The minimum absolute atomic E-state index is 0.00151. The minimum atomic E-state index is -0.00151. The van der Waals surface area contributed by atoms with Crippen molar-refractivity contribution in [1.82, 2.24) is 10.3 Å². The normalized spacial score (nSPS) is 10.7. The first-order valence-electron chi connectivity index (χ1n) is 7.82. The highest BCUT2D eigenvalue weighted by Crippen LogP contribution is 2.19. The number of nitrogens with one attached hydrogen (secondary N) is 2. The van der Waals surface area contributed by atoms with Crippen LogP contribution < -0.4 is 15.8 Å². The molecule has 1 aromatic carbocycles. The molecule has 0 aliphatic carbocycles. The van der Waals surface area contributed by atoms with Gasteiger partial charge in [0.15, 0.2) is 0 Å². The highest BCUT2D eigenvalue weighted by molar-refractivity contribution is 5.94. The maximum absolute atomic E-state index is 7.33. The number of ether oxygens (including phenoxy) is 1. The van der Waals surface area contributed by atoms with Gasteiger partial charge in [-0.15, -0.1) is 0 Å². The topological polar surface area (TPSA) is 84.0 Å². The predicted octanol–water partition coefficient (Wildman–Crippen LogP) is 3.29. The van der Waals surface area contributed by atoms with Crippen molar-refractivity contribution in [1.29, 1.82) is 5.41 Å². The maximum Gasteiger partial charge on any atom is 0.219 e. The molecular formula is C18H24N4O. The Morgan fingerprint density at radius 2 is 1.96 bits per heavy atom. The van der Waals surface area contributed by atoms with Gasteiger partial charge in [0.05, 0.1) is 0 Å². The van der Waals surface area contributed by atoms with E-state index in [-0.39, 0.29) is 5.84 Å². The van der Waals surface area contributed by atoms with Crippen LogP contribution in [0.4, 0.5) is 0 Å². The molecule has 0 saturated carbocycles. The summed E-state index contributed by atoms with van der Waals surface area (Å²) < 4.78 is 5.68. The molecule has 2 aromatic rings. The van der Waals surface area contributed by atoms with Crippen LogP contribution in [0.5, 0.6) is 11.6 Å². The molecular weight excluding hydrogens is 288 g/mol. The molecule has 5 nitrogen and oxygen atoms in total. The van der Waals surface area contributed by atoms with Crippen LogP contribution in [-0.2, 0) is 6.54 Å². The number of hydrogen-bond donors (Lipinski definition) is 3. The molecule has 0 aliphatic heterocycles. The quantitative estimate of drug-likeness (QED) is 0.397. The number of amidine groups is 1. The average Bonchev–Trinajstić information content (AvgIpc) is 2.53. The molecule has 0 radical (unpaired) electrons. The number of pyridine rings is 1. The van der Waals surface area contributed by atoms with Gasteiger partial charge >= 0.3 is 0 Å². The van der Waals surface area contributed by atoms with Gasteiger partial charge in [0.2, 0.25) is 5.88 Å². The molecule has 122 valence electrons. The summed E-state index contributed by atoms with van der Waals surface area (Å²) in [5, 5.41) is 10.8. The van der Waals surface area contributed by atoms with Gasteiger partial charge in [-0.2, -0.15) is 0 Å². The lowest BCUT2D eigenvalue weighted by molar-refractivity contribution is 0.462. The number of hydrogen-bond acceptors (Lipinski definition) is 4. The van der Waals surface area contributed by atoms with Crippen molar-refractivity contribution >= 4 is 5.84 Å². The van der Waals surface area contributed by atoms with Gasteiger partial charge in [-0.3, -0.25) is 5.41 Å². The first-order chi connectivity index (χ1) is 11.0. The number of nitrogens with zero attached hydrogens (tertiary/aromatic N) is 1. The zero-order valence-electron chi connectivity index (χ0n) is 13.7. The Balaban J connectivity index is 1.85. The second kappa shape index (κ2) is 8.29. The van der Waals surface area contributed by atoms with Crippen LogP contribution in [0.3, 0.4) is 0 Å². The maximum atomic E-state index is 7.33. The SMILES string of the molecule is CC(C)CCNCc1ccc(Oc2ccc(C(=N)N)cn2)cc1. The zero-order valence-corrected chi connectivity index (χ0v) is 13.7. The molecule has 1 heterocycles. The molecule has 0 aliphatic rings. The van der Waals surface area contributed by atoms with E-state index in [2.05, 4.69) is 24.1 Å². The van der Waals surface area contributed by atoms with E-state index in [1.807, 2.05) is 24.3 Å². The van der Waals surface area contributed by atoms with E-state index in [4.69, 9.17) is 15.9 Å². The molecule has 2 rings (SSSR count). The van der Waals surface area contributed by atoms with Gasteiger partial charge in [0.1, 0.15) is 11.6 Å². The molecule has 0 amide bonds. The molecule has 0 bridgehead atoms. The molecule has 0 atom stereocenters. The number of benzene rings is 1. The first-order valence-corrected chi connectivity index (χ1v) is 7.82. The van der Waals surface area contributed by atoms with E-state index in [1.165, 1.54) is 18.2 Å². The van der Waals surface area contributed by atoms with Crippen LogP contribution in [0.2, 0.25) is 0 Å². The van der Waals surface area contributed by atoms with Gasteiger partial charge in [-0.25, -0.2) is 4.98 Å².